The van der Waals surface area contributed by atoms with Gasteiger partial charge < -0.3 is 20.9 Å². The fourth-order valence-corrected chi connectivity index (χ4v) is 4.47. The van der Waals surface area contributed by atoms with Crippen molar-refractivity contribution < 1.29 is 15.4 Å². The fraction of sp³-hybridized carbons (Fsp3) is 0.222. The minimum atomic E-state index is -0.342. The molecular weight excluding hydrogens is 431 g/mol. The fourth-order valence-electron chi connectivity index (χ4n) is 4.47. The van der Waals surface area contributed by atoms with Gasteiger partial charge in [-0.2, -0.15) is 0 Å². The van der Waals surface area contributed by atoms with Gasteiger partial charge in [-0.15, -0.1) is 0 Å². The van der Waals surface area contributed by atoms with E-state index in [-0.39, 0.29) is 43.5 Å². The van der Waals surface area contributed by atoms with Crippen LogP contribution in [0.25, 0.3) is 0 Å². The summed E-state index contributed by atoms with van der Waals surface area (Å²) in [5.41, 5.74) is 3.56. The first kappa shape index (κ1) is 21.8. The molecule has 2 fully saturated rings. The SMILES string of the molecule is N=Cc1cc(N2C(=O)C[C@H](NC(=O)C3CC3)[C@H]2c2ccccc2)ccc1Nc1ccc(F)cc1.[HH]. The Kier molecular flexibility index (Phi) is 5.84. The highest BCUT2D eigenvalue weighted by Crippen LogP contribution is 2.39. The summed E-state index contributed by atoms with van der Waals surface area (Å²) >= 11 is 0. The first-order valence-electron chi connectivity index (χ1n) is 11.4. The van der Waals surface area contributed by atoms with Crippen LogP contribution in [0.3, 0.4) is 0 Å². The first-order valence-corrected chi connectivity index (χ1v) is 11.4. The van der Waals surface area contributed by atoms with Crippen LogP contribution in [0.5, 0.6) is 0 Å². The van der Waals surface area contributed by atoms with Gasteiger partial charge in [0.1, 0.15) is 5.82 Å². The van der Waals surface area contributed by atoms with Crippen LogP contribution in [0.1, 0.15) is 37.9 Å². The Morgan fingerprint density at radius 1 is 1.06 bits per heavy atom. The normalized spacial score (nSPS) is 19.7. The molecule has 1 saturated carbocycles. The zero-order chi connectivity index (χ0) is 23.7. The summed E-state index contributed by atoms with van der Waals surface area (Å²) in [4.78, 5) is 27.5. The summed E-state index contributed by atoms with van der Waals surface area (Å²) in [6.07, 6.45) is 3.24. The van der Waals surface area contributed by atoms with Crippen molar-refractivity contribution in [1.82, 2.24) is 5.32 Å². The second-order valence-electron chi connectivity index (χ2n) is 8.76. The van der Waals surface area contributed by atoms with E-state index in [0.29, 0.717) is 22.6 Å². The van der Waals surface area contributed by atoms with Gasteiger partial charge in [-0.25, -0.2) is 4.39 Å². The molecule has 3 N–H and O–H groups in total. The molecule has 2 amide bonds. The smallest absolute Gasteiger partial charge is 0.229 e. The molecule has 2 atom stereocenters. The first-order chi connectivity index (χ1) is 16.5. The summed E-state index contributed by atoms with van der Waals surface area (Å²) in [6.45, 7) is 0. The Bertz CT molecular complexity index is 1230. The average molecular weight is 459 g/mol. The van der Waals surface area contributed by atoms with Crippen LogP contribution in [0.4, 0.5) is 21.5 Å². The molecule has 6 nitrogen and oxygen atoms in total. The van der Waals surface area contributed by atoms with Crippen molar-refractivity contribution in [3.05, 3.63) is 89.7 Å². The second kappa shape index (κ2) is 9.09. The summed E-state index contributed by atoms with van der Waals surface area (Å²) in [7, 11) is 0. The average Bonchev–Trinajstić information content (AvgIpc) is 3.65. The van der Waals surface area contributed by atoms with Gasteiger partial charge in [-0.3, -0.25) is 9.59 Å². The molecule has 1 heterocycles. The number of carbonyl (C=O) groups is 2. The molecule has 1 aliphatic carbocycles. The molecule has 1 aliphatic heterocycles. The van der Waals surface area contributed by atoms with Crippen molar-refractivity contribution in [1.29, 1.82) is 5.41 Å². The van der Waals surface area contributed by atoms with Crippen LogP contribution in [-0.4, -0.2) is 24.1 Å². The van der Waals surface area contributed by atoms with Crippen LogP contribution in [0, 0.1) is 17.1 Å². The number of nitrogens with zero attached hydrogens (tertiary/aromatic N) is 1. The number of hydrogen-bond donors (Lipinski definition) is 3. The number of hydrogen-bond acceptors (Lipinski definition) is 4. The highest BCUT2D eigenvalue weighted by atomic mass is 19.1. The summed E-state index contributed by atoms with van der Waals surface area (Å²) < 4.78 is 13.2. The lowest BCUT2D eigenvalue weighted by molar-refractivity contribution is -0.123. The molecule has 0 bridgehead atoms. The highest BCUT2D eigenvalue weighted by Gasteiger charge is 2.44. The van der Waals surface area contributed by atoms with Gasteiger partial charge in [0.2, 0.25) is 11.8 Å². The molecule has 3 aromatic carbocycles. The van der Waals surface area contributed by atoms with Crippen LogP contribution >= 0.6 is 0 Å². The third kappa shape index (κ3) is 4.41. The number of halogens is 1. The summed E-state index contributed by atoms with van der Waals surface area (Å²) in [5, 5.41) is 14.2. The third-order valence-corrected chi connectivity index (χ3v) is 6.33. The van der Waals surface area contributed by atoms with Gasteiger partial charge in [0.25, 0.3) is 0 Å². The van der Waals surface area contributed by atoms with Crippen LogP contribution < -0.4 is 15.5 Å². The number of rotatable bonds is 7. The number of nitrogens with one attached hydrogen (secondary N) is 3. The molecule has 2 aliphatic rings. The molecule has 0 aromatic heterocycles. The Hall–Kier alpha value is -4.00. The maximum absolute atomic E-state index is 13.2. The van der Waals surface area contributed by atoms with E-state index in [1.54, 1.807) is 23.1 Å². The topological polar surface area (TPSA) is 85.3 Å². The molecule has 0 unspecified atom stereocenters. The van der Waals surface area contributed by atoms with E-state index in [4.69, 9.17) is 5.41 Å². The molecule has 0 spiro atoms. The Labute approximate surface area is 198 Å². The van der Waals surface area contributed by atoms with Crippen LogP contribution in [0.2, 0.25) is 0 Å². The lowest BCUT2D eigenvalue weighted by Gasteiger charge is -2.29. The largest absolute Gasteiger partial charge is 0.355 e. The van der Waals surface area contributed by atoms with Gasteiger partial charge in [0.05, 0.1) is 12.1 Å². The van der Waals surface area contributed by atoms with Crippen molar-refractivity contribution in [3.8, 4) is 0 Å². The lowest BCUT2D eigenvalue weighted by Crippen LogP contribution is -2.40. The predicted molar refractivity (Wildman–Crippen MR) is 132 cm³/mol. The second-order valence-corrected chi connectivity index (χ2v) is 8.76. The molecule has 1 saturated heterocycles. The van der Waals surface area contributed by atoms with Gasteiger partial charge in [0.15, 0.2) is 0 Å². The molecule has 7 heteroatoms. The molecule has 174 valence electrons. The monoisotopic (exact) mass is 458 g/mol. The van der Waals surface area contributed by atoms with E-state index in [9.17, 15) is 14.0 Å². The zero-order valence-electron chi connectivity index (χ0n) is 18.5. The van der Waals surface area contributed by atoms with Gasteiger partial charge in [0, 0.05) is 42.6 Å². The van der Waals surface area contributed by atoms with Crippen molar-refractivity contribution in [2.75, 3.05) is 10.2 Å². The van der Waals surface area contributed by atoms with E-state index >= 15 is 0 Å². The van der Waals surface area contributed by atoms with Crippen molar-refractivity contribution in [3.63, 3.8) is 0 Å². The summed E-state index contributed by atoms with van der Waals surface area (Å²) in [5.74, 6) is -0.331. The number of amides is 2. The minimum Gasteiger partial charge on any atom is -0.355 e. The Morgan fingerprint density at radius 2 is 1.79 bits per heavy atom. The summed E-state index contributed by atoms with van der Waals surface area (Å²) in [6, 6.07) is 20.4. The Morgan fingerprint density at radius 3 is 2.47 bits per heavy atom. The minimum absolute atomic E-state index is 0. The lowest BCUT2D eigenvalue weighted by atomic mass is 9.99. The quantitative estimate of drug-likeness (QED) is 0.426. The van der Waals surface area contributed by atoms with Crippen LogP contribution in [0.15, 0.2) is 72.8 Å². The molecule has 3 aromatic rings. The maximum Gasteiger partial charge on any atom is 0.229 e. The van der Waals surface area contributed by atoms with Crippen molar-refractivity contribution in [2.24, 2.45) is 5.92 Å². The van der Waals surface area contributed by atoms with Crippen molar-refractivity contribution in [2.45, 2.75) is 31.3 Å². The third-order valence-electron chi connectivity index (χ3n) is 6.33. The molecule has 34 heavy (non-hydrogen) atoms. The van der Waals surface area contributed by atoms with E-state index < -0.39 is 0 Å². The standard InChI is InChI=1S/C27H25FN4O2.H2/c28-20-8-10-21(11-9-20)30-23-13-12-22(14-19(23)16-29)32-25(33)15-24(31-27(34)18-6-7-18)26(32)17-4-2-1-3-5-17;/h1-5,8-14,16,18,24,26,29-30H,6-7,15H2,(H,31,34);1H/t24-,26+;/m0./s1. The zero-order valence-corrected chi connectivity index (χ0v) is 18.5. The highest BCUT2D eigenvalue weighted by molar-refractivity contribution is 6.00. The van der Waals surface area contributed by atoms with E-state index in [0.717, 1.165) is 18.4 Å². The Balaban J connectivity index is 0.00000289. The van der Waals surface area contributed by atoms with E-state index in [1.807, 2.05) is 42.5 Å². The van der Waals surface area contributed by atoms with Gasteiger partial charge in [-0.05, 0) is 60.9 Å². The number of benzene rings is 3. The van der Waals surface area contributed by atoms with Crippen LogP contribution in [-0.2, 0) is 9.59 Å². The molecular formula is C27H27FN4O2. The van der Waals surface area contributed by atoms with Crippen molar-refractivity contribution >= 4 is 35.1 Å². The predicted octanol–water partition coefficient (Wildman–Crippen LogP) is 5.19. The van der Waals surface area contributed by atoms with Gasteiger partial charge >= 0.3 is 0 Å². The van der Waals surface area contributed by atoms with Gasteiger partial charge in [-0.1, -0.05) is 30.3 Å². The molecule has 5 rings (SSSR count). The number of carbonyl (C=O) groups excluding carboxylic acids is 2. The van der Waals surface area contributed by atoms with E-state index in [2.05, 4.69) is 10.6 Å². The number of anilines is 3. The molecule has 0 radical (unpaired) electrons. The van der Waals surface area contributed by atoms with E-state index in [1.165, 1.54) is 18.3 Å². The maximum atomic E-state index is 13.2.